The highest BCUT2D eigenvalue weighted by molar-refractivity contribution is 9.11. The number of halogens is 3. The minimum absolute atomic E-state index is 0.674. The lowest BCUT2D eigenvalue weighted by atomic mass is 10.2. The monoisotopic (exact) mass is 349 g/mol. The van der Waals surface area contributed by atoms with Crippen molar-refractivity contribution in [3.05, 3.63) is 54.6 Å². The van der Waals surface area contributed by atoms with Crippen LogP contribution in [0, 0.1) is 0 Å². The maximum Gasteiger partial charge on any atom is 0.0701 e. The SMILES string of the molecule is Clc1cc(Cl)cc(CNCc2ccc(Br)s2)c1. The standard InChI is InChI=1S/C12H10BrCl2NS/c13-12-2-1-11(17-12)7-16-6-8-3-9(14)5-10(15)4-8/h1-5,16H,6-7H2. The van der Waals surface area contributed by atoms with Crippen molar-refractivity contribution >= 4 is 50.5 Å². The van der Waals surface area contributed by atoms with Crippen LogP contribution in [0.5, 0.6) is 0 Å². The van der Waals surface area contributed by atoms with E-state index >= 15 is 0 Å². The molecule has 1 nitrogen and oxygen atoms in total. The van der Waals surface area contributed by atoms with Crippen molar-refractivity contribution in [2.45, 2.75) is 13.1 Å². The first-order valence-corrected chi connectivity index (χ1v) is 7.40. The van der Waals surface area contributed by atoms with Crippen LogP contribution in [0.25, 0.3) is 0 Å². The van der Waals surface area contributed by atoms with Crippen molar-refractivity contribution in [2.75, 3.05) is 0 Å². The third kappa shape index (κ3) is 4.27. The fourth-order valence-electron chi connectivity index (χ4n) is 1.49. The van der Waals surface area contributed by atoms with E-state index < -0.39 is 0 Å². The Bertz CT molecular complexity index is 493. The minimum atomic E-state index is 0.674. The van der Waals surface area contributed by atoms with Crippen molar-refractivity contribution in [3.8, 4) is 0 Å². The molecule has 0 spiro atoms. The number of hydrogen-bond donors (Lipinski definition) is 1. The fourth-order valence-corrected chi connectivity index (χ4v) is 3.51. The lowest BCUT2D eigenvalue weighted by molar-refractivity contribution is 0.701. The van der Waals surface area contributed by atoms with Gasteiger partial charge in [0.2, 0.25) is 0 Å². The summed E-state index contributed by atoms with van der Waals surface area (Å²) in [7, 11) is 0. The van der Waals surface area contributed by atoms with Gasteiger partial charge >= 0.3 is 0 Å². The molecular formula is C12H10BrCl2NS. The molecule has 0 radical (unpaired) electrons. The van der Waals surface area contributed by atoms with Crippen molar-refractivity contribution in [1.82, 2.24) is 5.32 Å². The summed E-state index contributed by atoms with van der Waals surface area (Å²) in [5.41, 5.74) is 1.10. The van der Waals surface area contributed by atoms with Gasteiger partial charge in [-0.05, 0) is 51.8 Å². The zero-order valence-corrected chi connectivity index (χ0v) is 12.8. The Morgan fingerprint density at radius 1 is 1.06 bits per heavy atom. The molecule has 5 heteroatoms. The van der Waals surface area contributed by atoms with Crippen molar-refractivity contribution in [2.24, 2.45) is 0 Å². The third-order valence-electron chi connectivity index (χ3n) is 2.18. The third-order valence-corrected chi connectivity index (χ3v) is 4.24. The molecule has 2 aromatic rings. The molecule has 2 rings (SSSR count). The summed E-state index contributed by atoms with van der Waals surface area (Å²) in [5.74, 6) is 0. The highest BCUT2D eigenvalue weighted by atomic mass is 79.9. The molecule has 90 valence electrons. The number of nitrogens with one attached hydrogen (secondary N) is 1. The molecule has 1 N–H and O–H groups in total. The van der Waals surface area contributed by atoms with Gasteiger partial charge < -0.3 is 5.32 Å². The molecule has 0 aliphatic heterocycles. The molecule has 0 atom stereocenters. The zero-order valence-electron chi connectivity index (χ0n) is 8.84. The average Bonchev–Trinajstić information content (AvgIpc) is 2.63. The second-order valence-electron chi connectivity index (χ2n) is 3.59. The molecule has 0 unspecified atom stereocenters. The molecule has 0 saturated carbocycles. The Balaban J connectivity index is 1.89. The molecule has 1 aromatic carbocycles. The summed E-state index contributed by atoms with van der Waals surface area (Å²) in [6.45, 7) is 1.61. The first-order valence-electron chi connectivity index (χ1n) is 5.03. The van der Waals surface area contributed by atoms with E-state index in [1.807, 2.05) is 12.1 Å². The van der Waals surface area contributed by atoms with Crippen LogP contribution in [-0.2, 0) is 13.1 Å². The van der Waals surface area contributed by atoms with E-state index in [2.05, 4.69) is 33.4 Å². The van der Waals surface area contributed by atoms with Crippen molar-refractivity contribution in [3.63, 3.8) is 0 Å². The van der Waals surface area contributed by atoms with Gasteiger partial charge in [-0.25, -0.2) is 0 Å². The largest absolute Gasteiger partial charge is 0.308 e. The quantitative estimate of drug-likeness (QED) is 0.808. The Kier molecular flexibility index (Phi) is 4.88. The summed E-state index contributed by atoms with van der Waals surface area (Å²) in [5, 5.41) is 4.71. The number of thiophene rings is 1. The smallest absolute Gasteiger partial charge is 0.0701 e. The first-order chi connectivity index (χ1) is 8.13. The molecular weight excluding hydrogens is 341 g/mol. The highest BCUT2D eigenvalue weighted by Crippen LogP contribution is 2.22. The van der Waals surface area contributed by atoms with Crippen LogP contribution in [-0.4, -0.2) is 0 Å². The topological polar surface area (TPSA) is 12.0 Å². The maximum absolute atomic E-state index is 5.93. The van der Waals surface area contributed by atoms with Crippen molar-refractivity contribution < 1.29 is 0 Å². The molecule has 1 aromatic heterocycles. The Morgan fingerprint density at radius 3 is 2.35 bits per heavy atom. The van der Waals surface area contributed by atoms with Crippen LogP contribution in [0.3, 0.4) is 0 Å². The number of benzene rings is 1. The van der Waals surface area contributed by atoms with Gasteiger partial charge in [-0.2, -0.15) is 0 Å². The second kappa shape index (κ2) is 6.21. The molecule has 0 aliphatic rings. The fraction of sp³-hybridized carbons (Fsp3) is 0.167. The van der Waals surface area contributed by atoms with Crippen LogP contribution in [0.2, 0.25) is 10.0 Å². The molecule has 0 aliphatic carbocycles. The Labute approximate surface area is 123 Å². The van der Waals surface area contributed by atoms with Gasteiger partial charge in [-0.1, -0.05) is 23.2 Å². The molecule has 0 bridgehead atoms. The van der Waals surface area contributed by atoms with E-state index in [1.165, 1.54) is 4.88 Å². The summed E-state index contributed by atoms with van der Waals surface area (Å²) in [6, 6.07) is 9.74. The predicted octanol–water partition coefficient (Wildman–Crippen LogP) is 5.11. The summed E-state index contributed by atoms with van der Waals surface area (Å²) in [6.07, 6.45) is 0. The van der Waals surface area contributed by atoms with E-state index in [-0.39, 0.29) is 0 Å². The summed E-state index contributed by atoms with van der Waals surface area (Å²) < 4.78 is 1.15. The number of rotatable bonds is 4. The van der Waals surface area contributed by atoms with Crippen LogP contribution in [0.4, 0.5) is 0 Å². The molecule has 0 saturated heterocycles. The maximum atomic E-state index is 5.93. The van der Waals surface area contributed by atoms with E-state index in [4.69, 9.17) is 23.2 Å². The Hall–Kier alpha value is -0.0600. The van der Waals surface area contributed by atoms with Gasteiger partial charge in [0.25, 0.3) is 0 Å². The Morgan fingerprint density at radius 2 is 1.76 bits per heavy atom. The lowest BCUT2D eigenvalue weighted by Gasteiger charge is -2.04. The normalized spacial score (nSPS) is 10.8. The minimum Gasteiger partial charge on any atom is -0.308 e. The molecule has 0 amide bonds. The van der Waals surface area contributed by atoms with Gasteiger partial charge in [0, 0.05) is 28.0 Å². The van der Waals surface area contributed by atoms with Crippen LogP contribution in [0.15, 0.2) is 34.1 Å². The highest BCUT2D eigenvalue weighted by Gasteiger charge is 2.00. The van der Waals surface area contributed by atoms with Gasteiger partial charge in [0.1, 0.15) is 0 Å². The van der Waals surface area contributed by atoms with Gasteiger partial charge in [-0.15, -0.1) is 11.3 Å². The summed E-state index contributed by atoms with van der Waals surface area (Å²) >= 11 is 17.0. The molecule has 1 heterocycles. The van der Waals surface area contributed by atoms with Crippen molar-refractivity contribution in [1.29, 1.82) is 0 Å². The van der Waals surface area contributed by atoms with Crippen LogP contribution in [0.1, 0.15) is 10.4 Å². The van der Waals surface area contributed by atoms with Gasteiger partial charge in [0.15, 0.2) is 0 Å². The average molecular weight is 351 g/mol. The van der Waals surface area contributed by atoms with Gasteiger partial charge in [0.05, 0.1) is 3.79 Å². The summed E-state index contributed by atoms with van der Waals surface area (Å²) in [4.78, 5) is 1.30. The van der Waals surface area contributed by atoms with E-state index in [1.54, 1.807) is 17.4 Å². The van der Waals surface area contributed by atoms with E-state index in [9.17, 15) is 0 Å². The predicted molar refractivity (Wildman–Crippen MR) is 79.0 cm³/mol. The number of hydrogen-bond acceptors (Lipinski definition) is 2. The lowest BCUT2D eigenvalue weighted by Crippen LogP contribution is -2.11. The molecule has 0 fully saturated rings. The first kappa shape index (κ1) is 13.4. The van der Waals surface area contributed by atoms with Gasteiger partial charge in [-0.3, -0.25) is 0 Å². The van der Waals surface area contributed by atoms with Crippen LogP contribution >= 0.6 is 50.5 Å². The molecule has 17 heavy (non-hydrogen) atoms. The van der Waals surface area contributed by atoms with E-state index in [0.29, 0.717) is 10.0 Å². The zero-order chi connectivity index (χ0) is 12.3. The van der Waals surface area contributed by atoms with E-state index in [0.717, 1.165) is 22.4 Å². The van der Waals surface area contributed by atoms with Crippen LogP contribution < -0.4 is 5.32 Å². The second-order valence-corrected chi connectivity index (χ2v) is 7.01.